The fourth-order valence-electron chi connectivity index (χ4n) is 1.39. The van der Waals surface area contributed by atoms with Crippen LogP contribution in [-0.4, -0.2) is 6.54 Å². The van der Waals surface area contributed by atoms with E-state index in [1.165, 1.54) is 0 Å². The van der Waals surface area contributed by atoms with Gasteiger partial charge in [-0.3, -0.25) is 0 Å². The molecular weight excluding hydrogens is 185 g/mol. The second-order valence-electron chi connectivity index (χ2n) is 2.89. The summed E-state index contributed by atoms with van der Waals surface area (Å²) < 4.78 is 14.4. The highest BCUT2D eigenvalue weighted by molar-refractivity contribution is 7.17. The first-order valence-corrected chi connectivity index (χ1v) is 5.01. The van der Waals surface area contributed by atoms with Crippen molar-refractivity contribution < 1.29 is 4.39 Å². The van der Waals surface area contributed by atoms with Gasteiger partial charge in [-0.1, -0.05) is 18.2 Å². The highest BCUT2D eigenvalue weighted by Crippen LogP contribution is 2.30. The van der Waals surface area contributed by atoms with E-state index in [4.69, 9.17) is 5.73 Å². The summed E-state index contributed by atoms with van der Waals surface area (Å²) in [5.41, 5.74) is 6.01. The van der Waals surface area contributed by atoms with Gasteiger partial charge in [-0.15, -0.1) is 11.3 Å². The summed E-state index contributed by atoms with van der Waals surface area (Å²) in [6, 6.07) is 7.65. The van der Waals surface area contributed by atoms with Gasteiger partial charge in [0.2, 0.25) is 0 Å². The molecule has 0 aliphatic heterocycles. The van der Waals surface area contributed by atoms with E-state index in [-0.39, 0.29) is 6.54 Å². The van der Waals surface area contributed by atoms with Gasteiger partial charge in [-0.25, -0.2) is 4.39 Å². The average Bonchev–Trinajstić information content (AvgIpc) is 2.63. The van der Waals surface area contributed by atoms with E-state index in [2.05, 4.69) is 0 Å². The third kappa shape index (κ3) is 1.45. The third-order valence-corrected chi connectivity index (χ3v) is 3.03. The van der Waals surface area contributed by atoms with E-state index in [9.17, 15) is 4.39 Å². The van der Waals surface area contributed by atoms with Crippen molar-refractivity contribution >= 4 is 21.4 Å². The summed E-state index contributed by atoms with van der Waals surface area (Å²) in [6.45, 7) is 0.0526. The zero-order chi connectivity index (χ0) is 9.26. The Balaban J connectivity index is 2.60. The summed E-state index contributed by atoms with van der Waals surface area (Å²) in [7, 11) is 0. The lowest BCUT2D eigenvalue weighted by Crippen LogP contribution is -2.07. The Bertz CT molecular complexity index is 410. The van der Waals surface area contributed by atoms with Crippen LogP contribution >= 0.6 is 11.3 Å². The maximum absolute atomic E-state index is 13.4. The normalized spacial score (nSPS) is 13.4. The van der Waals surface area contributed by atoms with Crippen LogP contribution in [0.15, 0.2) is 29.6 Å². The van der Waals surface area contributed by atoms with Gasteiger partial charge in [-0.2, -0.15) is 0 Å². The van der Waals surface area contributed by atoms with Crippen LogP contribution in [0.25, 0.3) is 10.1 Å². The molecule has 0 spiro atoms. The SMILES string of the molecule is NCC(F)c1cccc2ccsc12. The van der Waals surface area contributed by atoms with Crippen LogP contribution in [0.3, 0.4) is 0 Å². The first-order valence-electron chi connectivity index (χ1n) is 4.13. The molecular formula is C10H10FNS. The Morgan fingerprint density at radius 1 is 1.38 bits per heavy atom. The average molecular weight is 195 g/mol. The Morgan fingerprint density at radius 3 is 3.00 bits per heavy atom. The summed E-state index contributed by atoms with van der Waals surface area (Å²) in [4.78, 5) is 0. The Kier molecular flexibility index (Phi) is 2.29. The largest absolute Gasteiger partial charge is 0.327 e. The van der Waals surface area contributed by atoms with Gasteiger partial charge in [-0.05, 0) is 16.8 Å². The van der Waals surface area contributed by atoms with Crippen molar-refractivity contribution in [2.75, 3.05) is 6.54 Å². The van der Waals surface area contributed by atoms with Crippen LogP contribution in [-0.2, 0) is 0 Å². The molecule has 2 aromatic rings. The van der Waals surface area contributed by atoms with Crippen molar-refractivity contribution in [1.82, 2.24) is 0 Å². The van der Waals surface area contributed by atoms with Crippen LogP contribution in [0.4, 0.5) is 4.39 Å². The minimum absolute atomic E-state index is 0.0526. The summed E-state index contributed by atoms with van der Waals surface area (Å²) in [5.74, 6) is 0. The molecule has 1 nitrogen and oxygen atoms in total. The summed E-state index contributed by atoms with van der Waals surface area (Å²) in [5, 5.41) is 3.07. The molecule has 13 heavy (non-hydrogen) atoms. The van der Waals surface area contributed by atoms with Crippen LogP contribution < -0.4 is 5.73 Å². The molecule has 1 atom stereocenters. The summed E-state index contributed by atoms with van der Waals surface area (Å²) >= 11 is 1.56. The molecule has 2 N–H and O–H groups in total. The number of benzene rings is 1. The van der Waals surface area contributed by atoms with Crippen molar-refractivity contribution in [3.05, 3.63) is 35.2 Å². The fourth-order valence-corrected chi connectivity index (χ4v) is 2.34. The number of rotatable bonds is 2. The van der Waals surface area contributed by atoms with Gasteiger partial charge in [0.15, 0.2) is 0 Å². The Labute approximate surface area is 80.0 Å². The molecule has 1 heterocycles. The second kappa shape index (κ2) is 3.44. The highest BCUT2D eigenvalue weighted by atomic mass is 32.1. The molecule has 68 valence electrons. The topological polar surface area (TPSA) is 26.0 Å². The van der Waals surface area contributed by atoms with Crippen LogP contribution in [0.2, 0.25) is 0 Å². The number of hydrogen-bond acceptors (Lipinski definition) is 2. The van der Waals surface area contributed by atoms with Crippen molar-refractivity contribution in [1.29, 1.82) is 0 Å². The van der Waals surface area contributed by atoms with Gasteiger partial charge < -0.3 is 5.73 Å². The van der Waals surface area contributed by atoms with Gasteiger partial charge in [0.25, 0.3) is 0 Å². The number of halogens is 1. The van der Waals surface area contributed by atoms with Gasteiger partial charge in [0.05, 0.1) is 0 Å². The van der Waals surface area contributed by atoms with Crippen LogP contribution in [0.1, 0.15) is 11.7 Å². The minimum Gasteiger partial charge on any atom is -0.327 e. The van der Waals surface area contributed by atoms with E-state index >= 15 is 0 Å². The first kappa shape index (κ1) is 8.66. The van der Waals surface area contributed by atoms with E-state index < -0.39 is 6.17 Å². The molecule has 0 saturated carbocycles. The molecule has 0 saturated heterocycles. The van der Waals surface area contributed by atoms with Gasteiger partial charge in [0.1, 0.15) is 6.17 Å². The second-order valence-corrected chi connectivity index (χ2v) is 3.81. The highest BCUT2D eigenvalue weighted by Gasteiger charge is 2.11. The summed E-state index contributed by atoms with van der Waals surface area (Å²) in [6.07, 6.45) is -1.04. The van der Waals surface area contributed by atoms with Crippen molar-refractivity contribution in [3.8, 4) is 0 Å². The molecule has 0 bridgehead atoms. The first-order chi connectivity index (χ1) is 6.33. The third-order valence-electron chi connectivity index (χ3n) is 2.05. The van der Waals surface area contributed by atoms with E-state index in [0.717, 1.165) is 15.6 Å². The Morgan fingerprint density at radius 2 is 2.23 bits per heavy atom. The minimum atomic E-state index is -1.04. The number of hydrogen-bond donors (Lipinski definition) is 1. The van der Waals surface area contributed by atoms with Crippen molar-refractivity contribution in [2.24, 2.45) is 5.73 Å². The van der Waals surface area contributed by atoms with Crippen molar-refractivity contribution in [2.45, 2.75) is 6.17 Å². The fraction of sp³-hybridized carbons (Fsp3) is 0.200. The predicted molar refractivity (Wildman–Crippen MR) is 54.7 cm³/mol. The zero-order valence-electron chi connectivity index (χ0n) is 7.03. The molecule has 1 aromatic heterocycles. The van der Waals surface area contributed by atoms with Crippen molar-refractivity contribution in [3.63, 3.8) is 0 Å². The molecule has 1 unspecified atom stereocenters. The molecule has 0 fully saturated rings. The maximum Gasteiger partial charge on any atom is 0.139 e. The molecule has 3 heteroatoms. The molecule has 0 aliphatic carbocycles. The lowest BCUT2D eigenvalue weighted by molar-refractivity contribution is 0.355. The van der Waals surface area contributed by atoms with Crippen LogP contribution in [0.5, 0.6) is 0 Å². The molecule has 0 amide bonds. The van der Waals surface area contributed by atoms with Crippen LogP contribution in [0, 0.1) is 0 Å². The quantitative estimate of drug-likeness (QED) is 0.783. The number of alkyl halides is 1. The number of nitrogens with two attached hydrogens (primary N) is 1. The standard InChI is InChI=1S/C10H10FNS/c11-9(6-12)8-3-1-2-7-4-5-13-10(7)8/h1-5,9H,6,12H2. The lowest BCUT2D eigenvalue weighted by atomic mass is 10.1. The molecule has 0 aliphatic rings. The maximum atomic E-state index is 13.4. The predicted octanol–water partition coefficient (Wildman–Crippen LogP) is 2.87. The van der Waals surface area contributed by atoms with E-state index in [1.54, 1.807) is 17.4 Å². The van der Waals surface area contributed by atoms with E-state index in [0.29, 0.717) is 0 Å². The molecule has 1 aromatic carbocycles. The molecule has 2 rings (SSSR count). The van der Waals surface area contributed by atoms with Gasteiger partial charge >= 0.3 is 0 Å². The number of fused-ring (bicyclic) bond motifs is 1. The molecule has 0 radical (unpaired) electrons. The zero-order valence-corrected chi connectivity index (χ0v) is 7.85. The number of thiophene rings is 1. The van der Waals surface area contributed by atoms with E-state index in [1.807, 2.05) is 23.6 Å². The van der Waals surface area contributed by atoms with Gasteiger partial charge in [0, 0.05) is 16.8 Å². The Hall–Kier alpha value is -0.930. The smallest absolute Gasteiger partial charge is 0.139 e. The monoisotopic (exact) mass is 195 g/mol. The lowest BCUT2D eigenvalue weighted by Gasteiger charge is -2.05.